The normalized spacial score (nSPS) is 11.9. The molecule has 0 saturated carbocycles. The minimum absolute atomic E-state index is 0.0785. The second-order valence-electron chi connectivity index (χ2n) is 4.33. The summed E-state index contributed by atoms with van der Waals surface area (Å²) in [5, 5.41) is 7.22. The first-order valence-corrected chi connectivity index (χ1v) is 4.68. The lowest BCUT2D eigenvalue weighted by molar-refractivity contribution is 0.607. The van der Waals surface area contributed by atoms with Crippen molar-refractivity contribution in [1.82, 2.24) is 0 Å². The topological polar surface area (TPSA) is 36.2 Å². The van der Waals surface area contributed by atoms with Gasteiger partial charge in [-0.3, -0.25) is 4.99 Å². The van der Waals surface area contributed by atoms with Crippen LogP contribution in [0.25, 0.3) is 0 Å². The Bertz CT molecular complexity index is 346. The zero-order valence-corrected chi connectivity index (χ0v) is 8.91. The maximum absolute atomic E-state index is 7.22. The number of benzene rings is 1. The van der Waals surface area contributed by atoms with E-state index < -0.39 is 0 Å². The molecule has 0 fully saturated rings. The first kappa shape index (κ1) is 10.6. The number of hydrogen-bond acceptors (Lipinski definition) is 2. The van der Waals surface area contributed by atoms with E-state index >= 15 is 0 Å². The van der Waals surface area contributed by atoms with Crippen LogP contribution in [0.1, 0.15) is 26.3 Å². The fourth-order valence-corrected chi connectivity index (χ4v) is 0.990. The highest BCUT2D eigenvalue weighted by Crippen LogP contribution is 2.18. The van der Waals surface area contributed by atoms with E-state index in [4.69, 9.17) is 5.41 Å². The molecule has 1 aromatic carbocycles. The molecular formula is C12H16N2. The van der Waals surface area contributed by atoms with E-state index in [1.54, 1.807) is 0 Å². The van der Waals surface area contributed by atoms with Crippen molar-refractivity contribution in [3.05, 3.63) is 29.8 Å². The molecule has 1 rings (SSSR count). The summed E-state index contributed by atoms with van der Waals surface area (Å²) in [6, 6.07) is 7.66. The molecule has 2 heteroatoms. The third kappa shape index (κ3) is 3.13. The summed E-state index contributed by atoms with van der Waals surface area (Å²) < 4.78 is 0. The first-order valence-electron chi connectivity index (χ1n) is 4.68. The molecule has 2 nitrogen and oxygen atoms in total. The second kappa shape index (κ2) is 4.18. The summed E-state index contributed by atoms with van der Waals surface area (Å²) in [4.78, 5) is 4.37. The largest absolute Gasteiger partial charge is 0.308 e. The lowest BCUT2D eigenvalue weighted by Gasteiger charge is -2.10. The molecule has 14 heavy (non-hydrogen) atoms. The molecule has 0 bridgehead atoms. The smallest absolute Gasteiger partial charge is 0.0713 e. The van der Waals surface area contributed by atoms with Crippen molar-refractivity contribution in [1.29, 1.82) is 5.41 Å². The van der Waals surface area contributed by atoms with Gasteiger partial charge >= 0.3 is 0 Å². The van der Waals surface area contributed by atoms with Gasteiger partial charge in [0.25, 0.3) is 0 Å². The molecular weight excluding hydrogens is 172 g/mol. The third-order valence-electron chi connectivity index (χ3n) is 1.68. The first-order chi connectivity index (χ1) is 6.53. The molecule has 0 aliphatic heterocycles. The van der Waals surface area contributed by atoms with E-state index in [1.165, 1.54) is 6.21 Å². The van der Waals surface area contributed by atoms with E-state index in [2.05, 4.69) is 25.8 Å². The summed E-state index contributed by atoms with van der Waals surface area (Å²) in [6.45, 7) is 6.30. The molecule has 0 atom stereocenters. The molecule has 0 aromatic heterocycles. The van der Waals surface area contributed by atoms with Crippen LogP contribution in [0, 0.1) is 10.8 Å². The van der Waals surface area contributed by atoms with Crippen LogP contribution in [-0.4, -0.2) is 12.4 Å². The Balaban J connectivity index is 2.97. The van der Waals surface area contributed by atoms with Crippen molar-refractivity contribution in [2.45, 2.75) is 20.8 Å². The Hall–Kier alpha value is -1.44. The highest BCUT2D eigenvalue weighted by atomic mass is 14.7. The Morgan fingerprint density at radius 3 is 2.43 bits per heavy atom. The Labute approximate surface area is 85.2 Å². The minimum atomic E-state index is 0.0785. The van der Waals surface area contributed by atoms with E-state index in [0.717, 1.165) is 11.3 Å². The molecule has 1 N–H and O–H groups in total. The maximum atomic E-state index is 7.22. The molecule has 0 aliphatic rings. The summed E-state index contributed by atoms with van der Waals surface area (Å²) >= 11 is 0. The zero-order valence-electron chi connectivity index (χ0n) is 8.91. The Morgan fingerprint density at radius 1 is 1.21 bits per heavy atom. The summed E-state index contributed by atoms with van der Waals surface area (Å²) in [6.07, 6.45) is 3.24. The number of nitrogens with one attached hydrogen (secondary N) is 1. The molecule has 0 unspecified atom stereocenters. The predicted molar refractivity (Wildman–Crippen MR) is 61.9 cm³/mol. The fraction of sp³-hybridized carbons (Fsp3) is 0.333. The van der Waals surface area contributed by atoms with Gasteiger partial charge in [-0.15, -0.1) is 0 Å². The van der Waals surface area contributed by atoms with Crippen molar-refractivity contribution >= 4 is 18.1 Å². The monoisotopic (exact) mass is 188 g/mol. The van der Waals surface area contributed by atoms with Crippen molar-refractivity contribution < 1.29 is 0 Å². The van der Waals surface area contributed by atoms with Crippen molar-refractivity contribution in [3.8, 4) is 0 Å². The molecule has 0 spiro atoms. The Morgan fingerprint density at radius 2 is 1.86 bits per heavy atom. The van der Waals surface area contributed by atoms with Gasteiger partial charge in [-0.25, -0.2) is 0 Å². The van der Waals surface area contributed by atoms with Gasteiger partial charge in [-0.2, -0.15) is 0 Å². The molecule has 0 radical (unpaired) electrons. The second-order valence-corrected chi connectivity index (χ2v) is 4.33. The van der Waals surface area contributed by atoms with Crippen molar-refractivity contribution in [2.24, 2.45) is 10.4 Å². The molecule has 0 aliphatic carbocycles. The molecule has 0 saturated heterocycles. The number of aliphatic imine (C=N–C) groups is 1. The maximum Gasteiger partial charge on any atom is 0.0713 e. The average molecular weight is 188 g/mol. The highest BCUT2D eigenvalue weighted by Gasteiger charge is 2.05. The molecule has 0 heterocycles. The van der Waals surface area contributed by atoms with E-state index in [1.807, 2.05) is 30.5 Å². The van der Waals surface area contributed by atoms with Crippen LogP contribution in [0.3, 0.4) is 0 Å². The standard InChI is InChI=1S/C12H16N2/c1-12(2,3)9-14-11-7-5-4-6-10(11)8-13/h4-9,13H,1-3H3. The SMILES string of the molecule is CC(C)(C)C=Nc1ccccc1C=N. The lowest BCUT2D eigenvalue weighted by Crippen LogP contribution is -2.05. The van der Waals surface area contributed by atoms with Gasteiger partial charge < -0.3 is 5.41 Å². The average Bonchev–Trinajstić information content (AvgIpc) is 2.14. The lowest BCUT2D eigenvalue weighted by atomic mass is 9.99. The van der Waals surface area contributed by atoms with Crippen LogP contribution >= 0.6 is 0 Å². The van der Waals surface area contributed by atoms with Crippen LogP contribution in [0.5, 0.6) is 0 Å². The van der Waals surface area contributed by atoms with Crippen molar-refractivity contribution in [2.75, 3.05) is 0 Å². The van der Waals surface area contributed by atoms with E-state index in [9.17, 15) is 0 Å². The van der Waals surface area contributed by atoms with Crippen molar-refractivity contribution in [3.63, 3.8) is 0 Å². The molecule has 74 valence electrons. The molecule has 0 amide bonds. The van der Waals surface area contributed by atoms with Crippen LogP contribution in [0.4, 0.5) is 5.69 Å². The van der Waals surface area contributed by atoms with Gasteiger partial charge in [0, 0.05) is 18.0 Å². The van der Waals surface area contributed by atoms with E-state index in [0.29, 0.717) is 0 Å². The van der Waals surface area contributed by atoms with Gasteiger partial charge in [0.1, 0.15) is 0 Å². The number of hydrogen-bond donors (Lipinski definition) is 1. The van der Waals surface area contributed by atoms with Crippen LogP contribution in [0.2, 0.25) is 0 Å². The number of para-hydroxylation sites is 1. The number of nitrogens with zero attached hydrogens (tertiary/aromatic N) is 1. The quantitative estimate of drug-likeness (QED) is 0.690. The van der Waals surface area contributed by atoms with Gasteiger partial charge in [0.05, 0.1) is 5.69 Å². The highest BCUT2D eigenvalue weighted by molar-refractivity contribution is 5.86. The summed E-state index contributed by atoms with van der Waals surface area (Å²) in [5.74, 6) is 0. The summed E-state index contributed by atoms with van der Waals surface area (Å²) in [7, 11) is 0. The van der Waals surface area contributed by atoms with Crippen LogP contribution in [-0.2, 0) is 0 Å². The number of rotatable bonds is 2. The minimum Gasteiger partial charge on any atom is -0.308 e. The third-order valence-corrected chi connectivity index (χ3v) is 1.68. The van der Waals surface area contributed by atoms with Gasteiger partial charge in [0.15, 0.2) is 0 Å². The van der Waals surface area contributed by atoms with Gasteiger partial charge in [0.2, 0.25) is 0 Å². The molecule has 1 aromatic rings. The van der Waals surface area contributed by atoms with Gasteiger partial charge in [-0.05, 0) is 11.5 Å². The summed E-state index contributed by atoms with van der Waals surface area (Å²) in [5.41, 5.74) is 1.79. The van der Waals surface area contributed by atoms with Crippen LogP contribution in [0.15, 0.2) is 29.3 Å². The fourth-order valence-electron chi connectivity index (χ4n) is 0.990. The zero-order chi connectivity index (χ0) is 10.6. The van der Waals surface area contributed by atoms with E-state index in [-0.39, 0.29) is 5.41 Å². The van der Waals surface area contributed by atoms with Crippen LogP contribution < -0.4 is 0 Å². The Kier molecular flexibility index (Phi) is 3.18. The van der Waals surface area contributed by atoms with Gasteiger partial charge in [-0.1, -0.05) is 39.0 Å². The predicted octanol–water partition coefficient (Wildman–Crippen LogP) is 3.43.